The number of benzene rings is 1. The minimum atomic E-state index is 0.478. The molecule has 0 aliphatic rings. The molecular formula is C13H13N3S2. The highest BCUT2D eigenvalue weighted by Crippen LogP contribution is 2.08. The number of thiophene rings is 1. The quantitative estimate of drug-likeness (QED) is 0.512. The summed E-state index contributed by atoms with van der Waals surface area (Å²) >= 11 is 6.76. The standard InChI is InChI=1S/C13H13N3S2/c1-10-4-6-11(7-5-10)15-13(17)16-14-9-12-3-2-8-18-12/h2-9H,1H3,(H2,15,16,17). The summed E-state index contributed by atoms with van der Waals surface area (Å²) in [4.78, 5) is 1.08. The highest BCUT2D eigenvalue weighted by Gasteiger charge is 1.95. The van der Waals surface area contributed by atoms with E-state index in [2.05, 4.69) is 15.8 Å². The van der Waals surface area contributed by atoms with Crippen molar-refractivity contribution in [3.05, 3.63) is 52.2 Å². The van der Waals surface area contributed by atoms with Crippen LogP contribution in [-0.2, 0) is 0 Å². The SMILES string of the molecule is Cc1ccc(NC(=S)NN=Cc2cccs2)cc1. The Morgan fingerprint density at radius 3 is 2.72 bits per heavy atom. The molecule has 0 unspecified atom stereocenters. The van der Waals surface area contributed by atoms with E-state index in [0.29, 0.717) is 5.11 Å². The molecule has 0 aliphatic heterocycles. The molecule has 92 valence electrons. The molecule has 0 saturated carbocycles. The van der Waals surface area contributed by atoms with Crippen LogP contribution in [0.4, 0.5) is 5.69 Å². The summed E-state index contributed by atoms with van der Waals surface area (Å²) in [5.41, 5.74) is 4.95. The number of nitrogens with one attached hydrogen (secondary N) is 2. The molecular weight excluding hydrogens is 262 g/mol. The molecule has 2 aromatic rings. The Hall–Kier alpha value is -1.72. The largest absolute Gasteiger partial charge is 0.331 e. The molecule has 0 atom stereocenters. The second kappa shape index (κ2) is 6.28. The van der Waals surface area contributed by atoms with Crippen molar-refractivity contribution < 1.29 is 0 Å². The lowest BCUT2D eigenvalue weighted by Gasteiger charge is -2.06. The van der Waals surface area contributed by atoms with Gasteiger partial charge in [0.1, 0.15) is 0 Å². The van der Waals surface area contributed by atoms with Crippen LogP contribution in [0.15, 0.2) is 46.9 Å². The molecule has 2 N–H and O–H groups in total. The Bertz CT molecular complexity index is 530. The predicted molar refractivity (Wildman–Crippen MR) is 82.4 cm³/mol. The van der Waals surface area contributed by atoms with E-state index in [-0.39, 0.29) is 0 Å². The van der Waals surface area contributed by atoms with Crippen LogP contribution >= 0.6 is 23.6 Å². The minimum absolute atomic E-state index is 0.478. The first-order chi connectivity index (χ1) is 8.74. The van der Waals surface area contributed by atoms with Gasteiger partial charge in [0.2, 0.25) is 0 Å². The monoisotopic (exact) mass is 275 g/mol. The molecule has 0 saturated heterocycles. The fourth-order valence-electron chi connectivity index (χ4n) is 1.32. The van der Waals surface area contributed by atoms with E-state index in [1.807, 2.05) is 48.7 Å². The Morgan fingerprint density at radius 2 is 2.06 bits per heavy atom. The van der Waals surface area contributed by atoms with E-state index in [1.165, 1.54) is 5.56 Å². The van der Waals surface area contributed by atoms with E-state index < -0.39 is 0 Å². The number of anilines is 1. The van der Waals surface area contributed by atoms with Gasteiger partial charge < -0.3 is 5.32 Å². The molecule has 5 heteroatoms. The maximum atomic E-state index is 5.13. The summed E-state index contributed by atoms with van der Waals surface area (Å²) < 4.78 is 0. The first kappa shape index (κ1) is 12.7. The zero-order chi connectivity index (χ0) is 12.8. The van der Waals surface area contributed by atoms with Crippen molar-refractivity contribution in [3.8, 4) is 0 Å². The van der Waals surface area contributed by atoms with Crippen LogP contribution in [-0.4, -0.2) is 11.3 Å². The first-order valence-corrected chi connectivity index (χ1v) is 6.73. The van der Waals surface area contributed by atoms with Crippen molar-refractivity contribution in [1.82, 2.24) is 5.43 Å². The van der Waals surface area contributed by atoms with Gasteiger partial charge in [-0.3, -0.25) is 5.43 Å². The van der Waals surface area contributed by atoms with Crippen LogP contribution in [0.5, 0.6) is 0 Å². The molecule has 1 aromatic heterocycles. The average Bonchev–Trinajstić information content (AvgIpc) is 2.85. The predicted octanol–water partition coefficient (Wildman–Crippen LogP) is 3.38. The number of nitrogens with zero attached hydrogens (tertiary/aromatic N) is 1. The van der Waals surface area contributed by atoms with Crippen molar-refractivity contribution >= 4 is 40.6 Å². The fraction of sp³-hybridized carbons (Fsp3) is 0.0769. The van der Waals surface area contributed by atoms with E-state index in [9.17, 15) is 0 Å². The summed E-state index contributed by atoms with van der Waals surface area (Å²) in [6, 6.07) is 12.0. The van der Waals surface area contributed by atoms with Gasteiger partial charge in [-0.2, -0.15) is 5.10 Å². The number of hydrogen-bond acceptors (Lipinski definition) is 3. The molecule has 18 heavy (non-hydrogen) atoms. The van der Waals surface area contributed by atoms with Crippen molar-refractivity contribution in [2.45, 2.75) is 6.92 Å². The zero-order valence-corrected chi connectivity index (χ0v) is 11.5. The van der Waals surface area contributed by atoms with Crippen LogP contribution in [0, 0.1) is 6.92 Å². The summed E-state index contributed by atoms with van der Waals surface area (Å²) in [6.45, 7) is 2.05. The van der Waals surface area contributed by atoms with Gasteiger partial charge in [0.15, 0.2) is 5.11 Å². The zero-order valence-electron chi connectivity index (χ0n) is 9.88. The number of rotatable bonds is 3. The molecule has 0 aliphatic carbocycles. The molecule has 2 rings (SSSR count). The third kappa shape index (κ3) is 3.94. The van der Waals surface area contributed by atoms with E-state index in [1.54, 1.807) is 17.6 Å². The Labute approximate surface area is 116 Å². The third-order valence-electron chi connectivity index (χ3n) is 2.21. The Morgan fingerprint density at radius 1 is 1.28 bits per heavy atom. The smallest absolute Gasteiger partial charge is 0.191 e. The molecule has 0 amide bonds. The van der Waals surface area contributed by atoms with Crippen LogP contribution in [0.3, 0.4) is 0 Å². The van der Waals surface area contributed by atoms with Gasteiger partial charge >= 0.3 is 0 Å². The highest BCUT2D eigenvalue weighted by molar-refractivity contribution is 7.80. The van der Waals surface area contributed by atoms with Gasteiger partial charge in [0.25, 0.3) is 0 Å². The minimum Gasteiger partial charge on any atom is -0.331 e. The fourth-order valence-corrected chi connectivity index (χ4v) is 2.07. The number of thiocarbonyl (C=S) groups is 1. The number of aryl methyl sites for hydroxylation is 1. The second-order valence-corrected chi connectivity index (χ2v) is 5.09. The lowest BCUT2D eigenvalue weighted by Crippen LogP contribution is -2.23. The third-order valence-corrected chi connectivity index (χ3v) is 3.21. The Balaban J connectivity index is 1.84. The van der Waals surface area contributed by atoms with Crippen LogP contribution in [0.1, 0.15) is 10.4 Å². The van der Waals surface area contributed by atoms with Gasteiger partial charge in [-0.1, -0.05) is 23.8 Å². The van der Waals surface area contributed by atoms with E-state index in [4.69, 9.17) is 12.2 Å². The van der Waals surface area contributed by atoms with Crippen LogP contribution < -0.4 is 10.7 Å². The molecule has 1 aromatic carbocycles. The van der Waals surface area contributed by atoms with Gasteiger partial charge in [0, 0.05) is 10.6 Å². The topological polar surface area (TPSA) is 36.4 Å². The van der Waals surface area contributed by atoms with Crippen LogP contribution in [0.25, 0.3) is 0 Å². The first-order valence-electron chi connectivity index (χ1n) is 5.44. The van der Waals surface area contributed by atoms with Crippen molar-refractivity contribution in [2.75, 3.05) is 5.32 Å². The lowest BCUT2D eigenvalue weighted by atomic mass is 10.2. The van der Waals surface area contributed by atoms with E-state index >= 15 is 0 Å². The summed E-state index contributed by atoms with van der Waals surface area (Å²) in [6.07, 6.45) is 1.74. The average molecular weight is 275 g/mol. The number of hydrogen-bond donors (Lipinski definition) is 2. The van der Waals surface area contributed by atoms with Crippen LogP contribution in [0.2, 0.25) is 0 Å². The normalized spacial score (nSPS) is 10.5. The molecule has 0 bridgehead atoms. The van der Waals surface area contributed by atoms with Gasteiger partial charge in [0.05, 0.1) is 6.21 Å². The second-order valence-electron chi connectivity index (χ2n) is 3.71. The lowest BCUT2D eigenvalue weighted by molar-refractivity contribution is 1.05. The summed E-state index contributed by atoms with van der Waals surface area (Å²) in [5.74, 6) is 0. The molecule has 0 spiro atoms. The van der Waals surface area contributed by atoms with E-state index in [0.717, 1.165) is 10.6 Å². The van der Waals surface area contributed by atoms with Crippen molar-refractivity contribution in [1.29, 1.82) is 0 Å². The summed E-state index contributed by atoms with van der Waals surface area (Å²) in [7, 11) is 0. The van der Waals surface area contributed by atoms with Gasteiger partial charge in [-0.25, -0.2) is 0 Å². The van der Waals surface area contributed by atoms with Crippen molar-refractivity contribution in [2.24, 2.45) is 5.10 Å². The molecule has 0 radical (unpaired) electrons. The summed E-state index contributed by atoms with van der Waals surface area (Å²) in [5, 5.41) is 9.60. The molecule has 3 nitrogen and oxygen atoms in total. The maximum absolute atomic E-state index is 5.13. The highest BCUT2D eigenvalue weighted by atomic mass is 32.1. The van der Waals surface area contributed by atoms with Gasteiger partial charge in [-0.05, 0) is 42.7 Å². The number of hydrazone groups is 1. The van der Waals surface area contributed by atoms with Crippen molar-refractivity contribution in [3.63, 3.8) is 0 Å². The Kier molecular flexibility index (Phi) is 4.44. The van der Waals surface area contributed by atoms with Gasteiger partial charge in [-0.15, -0.1) is 11.3 Å². The molecule has 1 heterocycles. The maximum Gasteiger partial charge on any atom is 0.191 e. The molecule has 0 fully saturated rings.